The van der Waals surface area contributed by atoms with E-state index in [1.807, 2.05) is 0 Å². The molecule has 1 amide bonds. The molecule has 1 atom stereocenters. The lowest BCUT2D eigenvalue weighted by atomic mass is 10.5. The first-order chi connectivity index (χ1) is 5.16. The molecule has 0 radical (unpaired) electrons. The van der Waals surface area contributed by atoms with Gasteiger partial charge in [0.25, 0.3) is 0 Å². The molecule has 66 valence electrons. The van der Waals surface area contributed by atoms with Crippen molar-refractivity contribution in [1.29, 1.82) is 0 Å². The van der Waals surface area contributed by atoms with Gasteiger partial charge in [-0.1, -0.05) is 6.92 Å². The van der Waals surface area contributed by atoms with Gasteiger partial charge in [0.05, 0.1) is 0 Å². The molecule has 0 aromatic heterocycles. The van der Waals surface area contributed by atoms with E-state index in [2.05, 4.69) is 12.2 Å². The van der Waals surface area contributed by atoms with Crippen LogP contribution in [-0.2, 0) is 4.79 Å². The minimum Gasteiger partial charge on any atom is -0.356 e. The normalized spacial score (nSPS) is 12.6. The smallest absolute Gasteiger partial charge is 0.216 e. The maximum atomic E-state index is 10.4. The van der Waals surface area contributed by atoms with Crippen molar-refractivity contribution in [3.8, 4) is 0 Å². The van der Waals surface area contributed by atoms with Gasteiger partial charge in [-0.05, 0) is 0 Å². The van der Waals surface area contributed by atoms with E-state index in [1.165, 1.54) is 6.92 Å². The molecule has 0 spiro atoms. The summed E-state index contributed by atoms with van der Waals surface area (Å²) >= 11 is 1.78. The Morgan fingerprint density at radius 2 is 2.36 bits per heavy atom. The first kappa shape index (κ1) is 10.8. The Morgan fingerprint density at radius 1 is 1.73 bits per heavy atom. The average molecular weight is 176 g/mol. The SMILES string of the molecule is CC(=O)NCCSC(C)CN. The number of hydrogen-bond acceptors (Lipinski definition) is 3. The second-order valence-electron chi connectivity index (χ2n) is 2.40. The van der Waals surface area contributed by atoms with Crippen molar-refractivity contribution in [1.82, 2.24) is 5.32 Å². The fourth-order valence-electron chi connectivity index (χ4n) is 0.555. The third-order valence-electron chi connectivity index (χ3n) is 1.21. The number of nitrogens with two attached hydrogens (primary N) is 1. The molecular formula is C7H16N2OS. The van der Waals surface area contributed by atoms with Crippen LogP contribution >= 0.6 is 11.8 Å². The van der Waals surface area contributed by atoms with Crippen molar-refractivity contribution < 1.29 is 4.79 Å². The molecule has 0 fully saturated rings. The van der Waals surface area contributed by atoms with Crippen molar-refractivity contribution in [2.45, 2.75) is 19.1 Å². The van der Waals surface area contributed by atoms with Gasteiger partial charge >= 0.3 is 0 Å². The molecule has 11 heavy (non-hydrogen) atoms. The quantitative estimate of drug-likeness (QED) is 0.588. The molecule has 0 saturated carbocycles. The molecule has 0 aromatic carbocycles. The van der Waals surface area contributed by atoms with Gasteiger partial charge in [-0.15, -0.1) is 0 Å². The largest absolute Gasteiger partial charge is 0.356 e. The van der Waals surface area contributed by atoms with Crippen LogP contribution in [0.25, 0.3) is 0 Å². The summed E-state index contributed by atoms with van der Waals surface area (Å²) in [5, 5.41) is 3.21. The van der Waals surface area contributed by atoms with E-state index >= 15 is 0 Å². The molecule has 0 aromatic rings. The lowest BCUT2D eigenvalue weighted by Crippen LogP contribution is -2.23. The van der Waals surface area contributed by atoms with Crippen molar-refractivity contribution in [2.24, 2.45) is 5.73 Å². The van der Waals surface area contributed by atoms with Gasteiger partial charge < -0.3 is 11.1 Å². The molecule has 0 aliphatic heterocycles. The summed E-state index contributed by atoms with van der Waals surface area (Å²) in [6.07, 6.45) is 0. The summed E-state index contributed by atoms with van der Waals surface area (Å²) in [5.41, 5.74) is 5.41. The Labute approximate surface area is 72.1 Å². The van der Waals surface area contributed by atoms with Crippen LogP contribution in [0.15, 0.2) is 0 Å². The molecule has 0 aliphatic carbocycles. The van der Waals surface area contributed by atoms with Crippen LogP contribution in [0.4, 0.5) is 0 Å². The van der Waals surface area contributed by atoms with Crippen LogP contribution < -0.4 is 11.1 Å². The van der Waals surface area contributed by atoms with Crippen LogP contribution in [0.5, 0.6) is 0 Å². The van der Waals surface area contributed by atoms with Crippen molar-refractivity contribution in [3.63, 3.8) is 0 Å². The van der Waals surface area contributed by atoms with Crippen LogP contribution in [0.3, 0.4) is 0 Å². The predicted molar refractivity (Wildman–Crippen MR) is 49.7 cm³/mol. The van der Waals surface area contributed by atoms with E-state index in [1.54, 1.807) is 11.8 Å². The molecule has 4 heteroatoms. The van der Waals surface area contributed by atoms with Gasteiger partial charge in [-0.25, -0.2) is 0 Å². The number of amides is 1. The van der Waals surface area contributed by atoms with Gasteiger partial charge in [0.15, 0.2) is 0 Å². The number of hydrogen-bond donors (Lipinski definition) is 2. The number of rotatable bonds is 5. The predicted octanol–water partition coefficient (Wildman–Crippen LogP) is 0.203. The Kier molecular flexibility index (Phi) is 6.36. The number of carbonyl (C=O) groups excluding carboxylic acids is 1. The lowest BCUT2D eigenvalue weighted by Gasteiger charge is -2.07. The summed E-state index contributed by atoms with van der Waals surface area (Å²) in [6, 6.07) is 0. The van der Waals surface area contributed by atoms with E-state index in [9.17, 15) is 4.79 Å². The number of nitrogens with one attached hydrogen (secondary N) is 1. The lowest BCUT2D eigenvalue weighted by molar-refractivity contribution is -0.118. The summed E-state index contributed by atoms with van der Waals surface area (Å²) in [7, 11) is 0. The Balaban J connectivity index is 3.08. The molecule has 0 heterocycles. The van der Waals surface area contributed by atoms with Crippen LogP contribution in [-0.4, -0.2) is 30.0 Å². The molecule has 0 rings (SSSR count). The zero-order valence-corrected chi connectivity index (χ0v) is 7.91. The standard InChI is InChI=1S/C7H16N2OS/c1-6(5-8)11-4-3-9-7(2)10/h6H,3-5,8H2,1-2H3,(H,9,10). The highest BCUT2D eigenvalue weighted by atomic mass is 32.2. The van der Waals surface area contributed by atoms with Crippen LogP contribution in [0.2, 0.25) is 0 Å². The summed E-state index contributed by atoms with van der Waals surface area (Å²) in [4.78, 5) is 10.4. The Morgan fingerprint density at radius 3 is 2.82 bits per heavy atom. The van der Waals surface area contributed by atoms with Crippen molar-refractivity contribution in [2.75, 3.05) is 18.8 Å². The molecule has 0 aliphatic rings. The number of carbonyl (C=O) groups is 1. The van der Waals surface area contributed by atoms with Gasteiger partial charge in [0, 0.05) is 31.0 Å². The molecular weight excluding hydrogens is 160 g/mol. The maximum absolute atomic E-state index is 10.4. The zero-order valence-electron chi connectivity index (χ0n) is 7.09. The topological polar surface area (TPSA) is 55.1 Å². The fourth-order valence-corrected chi connectivity index (χ4v) is 1.31. The molecule has 0 saturated heterocycles. The van der Waals surface area contributed by atoms with Crippen LogP contribution in [0, 0.1) is 0 Å². The van der Waals surface area contributed by atoms with E-state index in [0.717, 1.165) is 12.3 Å². The van der Waals surface area contributed by atoms with E-state index in [4.69, 9.17) is 5.73 Å². The fraction of sp³-hybridized carbons (Fsp3) is 0.857. The Bertz CT molecular complexity index is 119. The van der Waals surface area contributed by atoms with Crippen molar-refractivity contribution >= 4 is 17.7 Å². The highest BCUT2D eigenvalue weighted by Gasteiger charge is 1.98. The van der Waals surface area contributed by atoms with Gasteiger partial charge in [-0.3, -0.25) is 4.79 Å². The van der Waals surface area contributed by atoms with Gasteiger partial charge in [-0.2, -0.15) is 11.8 Å². The van der Waals surface area contributed by atoms with E-state index in [-0.39, 0.29) is 5.91 Å². The highest BCUT2D eigenvalue weighted by Crippen LogP contribution is 2.06. The highest BCUT2D eigenvalue weighted by molar-refractivity contribution is 7.99. The van der Waals surface area contributed by atoms with E-state index < -0.39 is 0 Å². The summed E-state index contributed by atoms with van der Waals surface area (Å²) in [5.74, 6) is 0.976. The average Bonchev–Trinajstić information content (AvgIpc) is 1.97. The molecule has 1 unspecified atom stereocenters. The van der Waals surface area contributed by atoms with Crippen LogP contribution in [0.1, 0.15) is 13.8 Å². The molecule has 3 N–H and O–H groups in total. The molecule has 3 nitrogen and oxygen atoms in total. The third-order valence-corrected chi connectivity index (χ3v) is 2.41. The Hall–Kier alpha value is -0.220. The number of thioether (sulfide) groups is 1. The minimum absolute atomic E-state index is 0.0333. The minimum atomic E-state index is 0.0333. The first-order valence-corrected chi connectivity index (χ1v) is 4.77. The molecule has 0 bridgehead atoms. The maximum Gasteiger partial charge on any atom is 0.216 e. The monoisotopic (exact) mass is 176 g/mol. The summed E-state index contributed by atoms with van der Waals surface area (Å²) < 4.78 is 0. The first-order valence-electron chi connectivity index (χ1n) is 3.73. The zero-order chi connectivity index (χ0) is 8.69. The third kappa shape index (κ3) is 7.68. The van der Waals surface area contributed by atoms with Crippen molar-refractivity contribution in [3.05, 3.63) is 0 Å². The second kappa shape index (κ2) is 6.49. The second-order valence-corrected chi connectivity index (χ2v) is 3.95. The van der Waals surface area contributed by atoms with Gasteiger partial charge in [0.1, 0.15) is 0 Å². The summed E-state index contributed by atoms with van der Waals surface area (Å²) in [6.45, 7) is 5.05. The van der Waals surface area contributed by atoms with E-state index in [0.29, 0.717) is 11.8 Å². The van der Waals surface area contributed by atoms with Gasteiger partial charge in [0.2, 0.25) is 5.91 Å².